The summed E-state index contributed by atoms with van der Waals surface area (Å²) >= 11 is 3.33. The van der Waals surface area contributed by atoms with E-state index in [0.29, 0.717) is 41.2 Å². The third-order valence-corrected chi connectivity index (χ3v) is 11.3. The van der Waals surface area contributed by atoms with E-state index in [0.717, 1.165) is 48.3 Å². The molecule has 2 amide bonds. The van der Waals surface area contributed by atoms with Crippen LogP contribution in [0.1, 0.15) is 39.8 Å². The predicted octanol–water partition coefficient (Wildman–Crippen LogP) is 2.32. The van der Waals surface area contributed by atoms with E-state index in [1.54, 1.807) is 33.7 Å². The Labute approximate surface area is 234 Å². The minimum absolute atomic E-state index is 0.0175. The van der Waals surface area contributed by atoms with Crippen LogP contribution in [0.15, 0.2) is 17.2 Å². The van der Waals surface area contributed by atoms with E-state index in [4.69, 9.17) is 0 Å². The number of hydrogen-bond donors (Lipinski definition) is 2. The summed E-state index contributed by atoms with van der Waals surface area (Å²) in [6, 6.07) is 2.12. The quantitative estimate of drug-likeness (QED) is 0.498. The molecule has 1 aliphatic carbocycles. The smallest absolute Gasteiger partial charge is 0.276 e. The first-order chi connectivity index (χ1) is 18.8. The summed E-state index contributed by atoms with van der Waals surface area (Å²) in [6.07, 6.45) is 3.80. The molecule has 1 spiro atoms. The summed E-state index contributed by atoms with van der Waals surface area (Å²) in [5, 5.41) is 7.28. The van der Waals surface area contributed by atoms with Gasteiger partial charge in [-0.2, -0.15) is 11.8 Å². The van der Waals surface area contributed by atoms with Crippen molar-refractivity contribution in [2.24, 2.45) is 5.92 Å². The van der Waals surface area contributed by atoms with Crippen LogP contribution >= 0.6 is 23.1 Å². The maximum Gasteiger partial charge on any atom is 0.276 e. The molecule has 6 heterocycles. The molecule has 12 heteroatoms. The Balaban J connectivity index is 1.20. The van der Waals surface area contributed by atoms with Gasteiger partial charge in [-0.15, -0.1) is 11.3 Å². The fraction of sp³-hybridized carbons (Fsp3) is 0.519. The van der Waals surface area contributed by atoms with Gasteiger partial charge in [0, 0.05) is 48.0 Å². The van der Waals surface area contributed by atoms with Crippen molar-refractivity contribution in [2.45, 2.75) is 44.8 Å². The topological polar surface area (TPSA) is 112 Å². The van der Waals surface area contributed by atoms with Crippen LogP contribution in [0, 0.1) is 12.8 Å². The van der Waals surface area contributed by atoms with Gasteiger partial charge < -0.3 is 20.4 Å². The number of fused-ring (bicyclic) bond motifs is 5. The third-order valence-electron chi connectivity index (χ3n) is 8.78. The van der Waals surface area contributed by atoms with Gasteiger partial charge in [0.05, 0.1) is 5.39 Å². The molecule has 3 aromatic heterocycles. The zero-order valence-corrected chi connectivity index (χ0v) is 23.9. The number of thiophene rings is 1. The van der Waals surface area contributed by atoms with E-state index in [9.17, 15) is 14.4 Å². The second kappa shape index (κ2) is 9.03. The minimum Gasteiger partial charge on any atom is -0.340 e. The number of carbonyl (C=O) groups is 2. The van der Waals surface area contributed by atoms with Crippen molar-refractivity contribution < 1.29 is 9.59 Å². The molecule has 4 aliphatic rings. The van der Waals surface area contributed by atoms with Gasteiger partial charge >= 0.3 is 0 Å². The van der Waals surface area contributed by atoms with Crippen molar-refractivity contribution in [2.75, 3.05) is 43.5 Å². The van der Waals surface area contributed by atoms with Crippen molar-refractivity contribution in [3.63, 3.8) is 0 Å². The number of aryl methyl sites for hydroxylation is 2. The van der Waals surface area contributed by atoms with Crippen molar-refractivity contribution in [1.29, 1.82) is 0 Å². The molecule has 2 saturated heterocycles. The van der Waals surface area contributed by atoms with Gasteiger partial charge in [-0.05, 0) is 57.4 Å². The van der Waals surface area contributed by atoms with E-state index in [2.05, 4.69) is 39.5 Å². The summed E-state index contributed by atoms with van der Waals surface area (Å²) in [7, 11) is 2.11. The Morgan fingerprint density at radius 2 is 2.05 bits per heavy atom. The monoisotopic (exact) mass is 565 g/mol. The van der Waals surface area contributed by atoms with Crippen LogP contribution in [0.25, 0.3) is 10.2 Å². The van der Waals surface area contributed by atoms with Gasteiger partial charge in [-0.1, -0.05) is 0 Å². The maximum atomic E-state index is 13.7. The number of aromatic nitrogens is 3. The number of anilines is 2. The minimum atomic E-state index is -0.637. The van der Waals surface area contributed by atoms with Crippen LogP contribution in [-0.4, -0.2) is 80.4 Å². The number of thioether (sulfide) groups is 1. The van der Waals surface area contributed by atoms with E-state index in [1.807, 2.05) is 11.8 Å². The molecule has 0 aromatic carbocycles. The number of piperazine rings is 1. The summed E-state index contributed by atoms with van der Waals surface area (Å²) in [4.78, 5) is 55.2. The lowest BCUT2D eigenvalue weighted by Crippen LogP contribution is -2.57. The van der Waals surface area contributed by atoms with Crippen LogP contribution < -0.4 is 16.2 Å². The van der Waals surface area contributed by atoms with Crippen LogP contribution in [0.5, 0.6) is 0 Å². The number of likely N-dealkylation sites (N-methyl/N-ethyl adjacent to an activating group) is 1. The highest BCUT2D eigenvalue weighted by Crippen LogP contribution is 2.42. The lowest BCUT2D eigenvalue weighted by Gasteiger charge is -2.39. The van der Waals surface area contributed by atoms with Crippen LogP contribution in [-0.2, 0) is 23.3 Å². The molecule has 0 saturated carbocycles. The first kappa shape index (κ1) is 25.0. The number of carbonyl (C=O) groups excluding carboxylic acids is 2. The first-order valence-electron chi connectivity index (χ1n) is 13.4. The van der Waals surface area contributed by atoms with E-state index in [1.165, 1.54) is 16.8 Å². The number of nitrogens with one attached hydrogen (secondary N) is 2. The van der Waals surface area contributed by atoms with Gasteiger partial charge in [-0.3, -0.25) is 19.0 Å². The standard InChI is InChI=1S/C27H31N7O3S2/c1-14-8-18(26(37)34-21(14)23(35)31-27(34)11-38-12-27)30-22-20-17-5-4-16(9-19(17)39-24(20)29-13-28-22)25(36)33-7-6-32(3)15(2)10-33/h8,13,15-16H,4-7,9-12H2,1-3H3,(H,31,35)(H,28,29,30)/t15-,16+/m1/s1. The summed E-state index contributed by atoms with van der Waals surface area (Å²) in [5.74, 6) is 2.00. The largest absolute Gasteiger partial charge is 0.340 e. The van der Waals surface area contributed by atoms with Crippen molar-refractivity contribution >= 4 is 56.6 Å². The van der Waals surface area contributed by atoms with Crippen LogP contribution in [0.4, 0.5) is 11.5 Å². The maximum absolute atomic E-state index is 13.7. The Morgan fingerprint density at radius 3 is 2.79 bits per heavy atom. The number of amides is 2. The second-order valence-corrected chi connectivity index (χ2v) is 13.4. The molecule has 2 fully saturated rings. The molecular weight excluding hydrogens is 534 g/mol. The lowest BCUT2D eigenvalue weighted by molar-refractivity contribution is -0.138. The normalized spacial score (nSPS) is 23.9. The average molecular weight is 566 g/mol. The molecule has 3 aromatic rings. The highest BCUT2D eigenvalue weighted by atomic mass is 32.2. The fourth-order valence-electron chi connectivity index (χ4n) is 6.40. The molecule has 3 aliphatic heterocycles. The molecule has 0 bridgehead atoms. The lowest BCUT2D eigenvalue weighted by atomic mass is 9.86. The highest BCUT2D eigenvalue weighted by molar-refractivity contribution is 8.00. The van der Waals surface area contributed by atoms with Crippen molar-refractivity contribution in [1.82, 2.24) is 29.7 Å². The van der Waals surface area contributed by atoms with Gasteiger partial charge in [0.2, 0.25) is 5.91 Å². The third kappa shape index (κ3) is 3.82. The van der Waals surface area contributed by atoms with E-state index < -0.39 is 5.66 Å². The number of nitrogens with zero attached hydrogens (tertiary/aromatic N) is 5. The summed E-state index contributed by atoms with van der Waals surface area (Å²) in [5.41, 5.74) is 1.91. The average Bonchev–Trinajstić information content (AvgIpc) is 3.44. The first-order valence-corrected chi connectivity index (χ1v) is 15.4. The molecule has 0 unspecified atom stereocenters. The highest BCUT2D eigenvalue weighted by Gasteiger charge is 2.49. The molecule has 2 N–H and O–H groups in total. The Hall–Kier alpha value is -2.96. The van der Waals surface area contributed by atoms with Crippen LogP contribution in [0.3, 0.4) is 0 Å². The van der Waals surface area contributed by atoms with E-state index in [-0.39, 0.29) is 23.3 Å². The fourth-order valence-corrected chi connectivity index (χ4v) is 8.66. The van der Waals surface area contributed by atoms with E-state index >= 15 is 0 Å². The van der Waals surface area contributed by atoms with Gasteiger partial charge in [-0.25, -0.2) is 9.97 Å². The molecule has 39 heavy (non-hydrogen) atoms. The zero-order valence-electron chi connectivity index (χ0n) is 22.2. The molecule has 7 rings (SSSR count). The van der Waals surface area contributed by atoms with Gasteiger partial charge in [0.1, 0.15) is 34.0 Å². The molecule has 10 nitrogen and oxygen atoms in total. The number of hydrogen-bond acceptors (Lipinski definition) is 9. The Kier molecular flexibility index (Phi) is 5.80. The van der Waals surface area contributed by atoms with Crippen molar-refractivity contribution in [3.8, 4) is 0 Å². The Bertz CT molecular complexity index is 1590. The molecule has 0 radical (unpaired) electrons. The second-order valence-electron chi connectivity index (χ2n) is 11.3. The van der Waals surface area contributed by atoms with Gasteiger partial charge in [0.15, 0.2) is 0 Å². The molecular formula is C27H31N7O3S2. The molecule has 2 atom stereocenters. The SMILES string of the molecule is Cc1cc(Nc2ncnc3sc4c(c23)CC[C@H](C(=O)N2CCN(C)[C@H](C)C2)C4)c(=O)n2c1C(=O)NC21CSC1. The van der Waals surface area contributed by atoms with Crippen LogP contribution in [0.2, 0.25) is 0 Å². The predicted molar refractivity (Wildman–Crippen MR) is 153 cm³/mol. The van der Waals surface area contributed by atoms with Crippen molar-refractivity contribution in [3.05, 3.63) is 44.4 Å². The van der Waals surface area contributed by atoms with Gasteiger partial charge in [0.25, 0.3) is 11.5 Å². The summed E-state index contributed by atoms with van der Waals surface area (Å²) < 4.78 is 1.64. The Morgan fingerprint density at radius 1 is 1.23 bits per heavy atom. The summed E-state index contributed by atoms with van der Waals surface area (Å²) in [6.45, 7) is 6.50. The number of rotatable bonds is 3. The molecule has 204 valence electrons. The zero-order chi connectivity index (χ0) is 27.1. The number of pyridine rings is 1.